The summed E-state index contributed by atoms with van der Waals surface area (Å²) in [6, 6.07) is 9.90. The summed E-state index contributed by atoms with van der Waals surface area (Å²) in [5.74, 6) is 0.658. The highest BCUT2D eigenvalue weighted by Crippen LogP contribution is 2.29. The molecule has 0 spiro atoms. The summed E-state index contributed by atoms with van der Waals surface area (Å²) >= 11 is 6.16. The van der Waals surface area contributed by atoms with Gasteiger partial charge in [0.2, 0.25) is 0 Å². The zero-order chi connectivity index (χ0) is 14.0. The van der Waals surface area contributed by atoms with Crippen LogP contribution in [-0.4, -0.2) is 11.7 Å². The molecule has 0 bridgehead atoms. The number of nitriles is 1. The number of aromatic nitrogens is 1. The monoisotopic (exact) mass is 274 g/mol. The first-order chi connectivity index (χ1) is 9.08. The summed E-state index contributed by atoms with van der Waals surface area (Å²) in [5.41, 5.74) is 4.18. The van der Waals surface area contributed by atoms with Gasteiger partial charge in [-0.2, -0.15) is 5.26 Å². The van der Waals surface area contributed by atoms with E-state index in [1.54, 1.807) is 7.11 Å². The van der Waals surface area contributed by atoms with Gasteiger partial charge in [-0.05, 0) is 43.7 Å². The Morgan fingerprint density at radius 3 is 2.63 bits per heavy atom. The van der Waals surface area contributed by atoms with Crippen molar-refractivity contribution in [3.63, 3.8) is 0 Å². The lowest BCUT2D eigenvalue weighted by Crippen LogP contribution is -2.00. The molecule has 2 rings (SSSR count). The fourth-order valence-electron chi connectivity index (χ4n) is 2.29. The molecule has 3 nitrogen and oxygen atoms in total. The Bertz CT molecular complexity index is 653. The molecular formula is C15H15ClN2O. The molecule has 0 aliphatic rings. The molecule has 0 saturated carbocycles. The number of methoxy groups -OCH3 is 1. The van der Waals surface area contributed by atoms with Gasteiger partial charge in [0.1, 0.15) is 5.75 Å². The highest BCUT2D eigenvalue weighted by atomic mass is 35.5. The van der Waals surface area contributed by atoms with Crippen molar-refractivity contribution in [2.45, 2.75) is 20.3 Å². The van der Waals surface area contributed by atoms with Gasteiger partial charge in [0, 0.05) is 17.1 Å². The molecule has 0 amide bonds. The number of nitrogens with zero attached hydrogens (tertiary/aromatic N) is 2. The van der Waals surface area contributed by atoms with E-state index in [4.69, 9.17) is 21.6 Å². The van der Waals surface area contributed by atoms with E-state index < -0.39 is 0 Å². The van der Waals surface area contributed by atoms with Crippen LogP contribution < -0.4 is 4.74 Å². The lowest BCUT2D eigenvalue weighted by atomic mass is 10.2. The molecule has 0 aliphatic carbocycles. The molecule has 1 aromatic heterocycles. The predicted molar refractivity (Wildman–Crippen MR) is 76.1 cm³/mol. The van der Waals surface area contributed by atoms with Gasteiger partial charge in [0.15, 0.2) is 0 Å². The minimum Gasteiger partial charge on any atom is -0.495 e. The number of rotatable bonds is 3. The fourth-order valence-corrected chi connectivity index (χ4v) is 2.54. The second-order valence-corrected chi connectivity index (χ2v) is 4.79. The maximum atomic E-state index is 8.83. The normalized spacial score (nSPS) is 10.3. The van der Waals surface area contributed by atoms with Crippen molar-refractivity contribution in [2.75, 3.05) is 7.11 Å². The SMILES string of the molecule is COc1ccc(-n2c(C)cc(CC#N)c2C)cc1Cl. The first kappa shape index (κ1) is 13.5. The number of halogens is 1. The van der Waals surface area contributed by atoms with Crippen LogP contribution in [0.25, 0.3) is 5.69 Å². The van der Waals surface area contributed by atoms with Crippen LogP contribution in [-0.2, 0) is 6.42 Å². The van der Waals surface area contributed by atoms with Crippen LogP contribution >= 0.6 is 11.6 Å². The lowest BCUT2D eigenvalue weighted by molar-refractivity contribution is 0.415. The van der Waals surface area contributed by atoms with Crippen molar-refractivity contribution in [1.82, 2.24) is 4.57 Å². The van der Waals surface area contributed by atoms with E-state index in [9.17, 15) is 0 Å². The van der Waals surface area contributed by atoms with Crippen molar-refractivity contribution < 1.29 is 4.74 Å². The van der Waals surface area contributed by atoms with Gasteiger partial charge in [-0.3, -0.25) is 0 Å². The van der Waals surface area contributed by atoms with Crippen molar-refractivity contribution in [3.8, 4) is 17.5 Å². The van der Waals surface area contributed by atoms with Gasteiger partial charge in [-0.15, -0.1) is 0 Å². The lowest BCUT2D eigenvalue weighted by Gasteiger charge is -2.11. The molecule has 1 heterocycles. The minimum absolute atomic E-state index is 0.420. The molecule has 0 N–H and O–H groups in total. The highest BCUT2D eigenvalue weighted by Gasteiger charge is 2.11. The summed E-state index contributed by atoms with van der Waals surface area (Å²) in [6.45, 7) is 4.03. The summed E-state index contributed by atoms with van der Waals surface area (Å²) in [6.07, 6.45) is 0.420. The van der Waals surface area contributed by atoms with Gasteiger partial charge in [-0.25, -0.2) is 0 Å². The van der Waals surface area contributed by atoms with Crippen molar-refractivity contribution >= 4 is 11.6 Å². The number of benzene rings is 1. The van der Waals surface area contributed by atoms with E-state index in [-0.39, 0.29) is 0 Å². The first-order valence-corrected chi connectivity index (χ1v) is 6.35. The van der Waals surface area contributed by atoms with Gasteiger partial charge in [0.25, 0.3) is 0 Å². The summed E-state index contributed by atoms with van der Waals surface area (Å²) < 4.78 is 7.25. The Morgan fingerprint density at radius 1 is 1.32 bits per heavy atom. The molecule has 98 valence electrons. The van der Waals surface area contributed by atoms with E-state index in [1.807, 2.05) is 38.1 Å². The largest absolute Gasteiger partial charge is 0.495 e. The predicted octanol–water partition coefficient (Wildman–Crippen LogP) is 3.82. The number of ether oxygens (including phenoxy) is 1. The van der Waals surface area contributed by atoms with Crippen LogP contribution in [0.4, 0.5) is 0 Å². The standard InChI is InChI=1S/C15H15ClN2O/c1-10-8-12(6-7-17)11(2)18(10)13-4-5-15(19-3)14(16)9-13/h4-5,8-9H,6H2,1-3H3. The quantitative estimate of drug-likeness (QED) is 0.853. The van der Waals surface area contributed by atoms with Gasteiger partial charge < -0.3 is 9.30 Å². The molecule has 0 saturated heterocycles. The second-order valence-electron chi connectivity index (χ2n) is 4.39. The molecule has 0 aliphatic heterocycles. The molecular weight excluding hydrogens is 260 g/mol. The maximum absolute atomic E-state index is 8.83. The van der Waals surface area contributed by atoms with Crippen LogP contribution in [0, 0.1) is 25.2 Å². The van der Waals surface area contributed by atoms with Crippen molar-refractivity contribution in [3.05, 3.63) is 46.2 Å². The molecule has 19 heavy (non-hydrogen) atoms. The van der Waals surface area contributed by atoms with Crippen LogP contribution in [0.3, 0.4) is 0 Å². The molecule has 0 radical (unpaired) electrons. The van der Waals surface area contributed by atoms with Crippen LogP contribution in [0.5, 0.6) is 5.75 Å². The molecule has 2 aromatic rings. The third kappa shape index (κ3) is 2.45. The second kappa shape index (κ2) is 5.38. The minimum atomic E-state index is 0.420. The zero-order valence-electron chi connectivity index (χ0n) is 11.2. The molecule has 1 aromatic carbocycles. The van der Waals surface area contributed by atoms with Gasteiger partial charge >= 0.3 is 0 Å². The molecule has 0 atom stereocenters. The molecule has 4 heteroatoms. The van der Waals surface area contributed by atoms with E-state index in [1.165, 1.54) is 0 Å². The fraction of sp³-hybridized carbons (Fsp3) is 0.267. The van der Waals surface area contributed by atoms with Crippen LogP contribution in [0.1, 0.15) is 17.0 Å². The van der Waals surface area contributed by atoms with Crippen LogP contribution in [0.2, 0.25) is 5.02 Å². The first-order valence-electron chi connectivity index (χ1n) is 5.97. The zero-order valence-corrected chi connectivity index (χ0v) is 12.0. The maximum Gasteiger partial charge on any atom is 0.137 e. The smallest absolute Gasteiger partial charge is 0.137 e. The Balaban J connectivity index is 2.53. The third-order valence-electron chi connectivity index (χ3n) is 3.20. The van der Waals surface area contributed by atoms with E-state index >= 15 is 0 Å². The van der Waals surface area contributed by atoms with Gasteiger partial charge in [-0.1, -0.05) is 11.6 Å². The molecule has 0 unspecified atom stereocenters. The average molecular weight is 275 g/mol. The average Bonchev–Trinajstić information content (AvgIpc) is 2.65. The van der Waals surface area contributed by atoms with E-state index in [2.05, 4.69) is 10.6 Å². The number of aryl methyl sites for hydroxylation is 1. The summed E-state index contributed by atoms with van der Waals surface area (Å²) in [4.78, 5) is 0. The van der Waals surface area contributed by atoms with E-state index in [0.29, 0.717) is 17.2 Å². The Morgan fingerprint density at radius 2 is 2.05 bits per heavy atom. The highest BCUT2D eigenvalue weighted by molar-refractivity contribution is 6.32. The molecule has 0 fully saturated rings. The van der Waals surface area contributed by atoms with Gasteiger partial charge in [0.05, 0.1) is 24.6 Å². The summed E-state index contributed by atoms with van der Waals surface area (Å²) in [7, 11) is 1.60. The van der Waals surface area contributed by atoms with Crippen molar-refractivity contribution in [1.29, 1.82) is 5.26 Å². The summed E-state index contributed by atoms with van der Waals surface area (Å²) in [5, 5.41) is 9.41. The number of hydrogen-bond donors (Lipinski definition) is 0. The van der Waals surface area contributed by atoms with Crippen LogP contribution in [0.15, 0.2) is 24.3 Å². The Kier molecular flexibility index (Phi) is 3.82. The number of hydrogen-bond acceptors (Lipinski definition) is 2. The Hall–Kier alpha value is -1.92. The van der Waals surface area contributed by atoms with Crippen molar-refractivity contribution in [2.24, 2.45) is 0 Å². The third-order valence-corrected chi connectivity index (χ3v) is 3.49. The van der Waals surface area contributed by atoms with E-state index in [0.717, 1.165) is 22.6 Å². The topological polar surface area (TPSA) is 38.0 Å². The Labute approximate surface area is 118 Å².